The number of rotatable bonds is 2. The van der Waals surface area contributed by atoms with E-state index in [9.17, 15) is 0 Å². The maximum Gasteiger partial charge on any atom is 0.00322 e. The van der Waals surface area contributed by atoms with E-state index < -0.39 is 0 Å². The standard InChI is InChI=1S/C18H21N.2C2H6/c1-3-8-15(9-4-1)17-12-7-13-19-14-18(17)16-10-5-2-6-11-16;2*1-2/h1-6,8-11,17-19H,7,12-14H2;2*1-2H3/t17-,18+;;/m1../s1. The van der Waals surface area contributed by atoms with E-state index in [1.165, 1.54) is 24.0 Å². The van der Waals surface area contributed by atoms with Gasteiger partial charge in [-0.05, 0) is 36.4 Å². The van der Waals surface area contributed by atoms with Crippen LogP contribution >= 0.6 is 0 Å². The zero-order valence-corrected chi connectivity index (χ0v) is 15.3. The topological polar surface area (TPSA) is 12.0 Å². The van der Waals surface area contributed by atoms with Crippen LogP contribution in [-0.2, 0) is 0 Å². The van der Waals surface area contributed by atoms with E-state index in [2.05, 4.69) is 66.0 Å². The Morgan fingerprint density at radius 3 is 1.70 bits per heavy atom. The average molecular weight is 312 g/mol. The molecule has 0 aromatic heterocycles. The van der Waals surface area contributed by atoms with Crippen molar-refractivity contribution in [2.45, 2.75) is 52.4 Å². The Bertz CT molecular complexity index is 444. The Morgan fingerprint density at radius 1 is 0.696 bits per heavy atom. The molecular weight excluding hydrogens is 278 g/mol. The molecule has 2 aromatic rings. The Labute approximate surface area is 143 Å². The molecule has 1 heteroatoms. The summed E-state index contributed by atoms with van der Waals surface area (Å²) in [6, 6.07) is 22.0. The van der Waals surface area contributed by atoms with Crippen LogP contribution in [0.3, 0.4) is 0 Å². The lowest BCUT2D eigenvalue weighted by molar-refractivity contribution is 0.527. The first-order valence-corrected chi connectivity index (χ1v) is 9.26. The lowest BCUT2D eigenvalue weighted by Crippen LogP contribution is -2.22. The van der Waals surface area contributed by atoms with Crippen LogP contribution in [0.2, 0.25) is 0 Å². The summed E-state index contributed by atoms with van der Waals surface area (Å²) in [6.45, 7) is 10.2. The highest BCUT2D eigenvalue weighted by molar-refractivity contribution is 5.29. The van der Waals surface area contributed by atoms with Gasteiger partial charge in [-0.2, -0.15) is 0 Å². The zero-order valence-electron chi connectivity index (χ0n) is 15.3. The SMILES string of the molecule is CC.CC.c1ccc([C@H]2CCCNC[C@H]2c2ccccc2)cc1. The zero-order chi connectivity index (χ0) is 16.9. The van der Waals surface area contributed by atoms with Crippen molar-refractivity contribution in [3.63, 3.8) is 0 Å². The minimum absolute atomic E-state index is 0.589. The summed E-state index contributed by atoms with van der Waals surface area (Å²) in [5.41, 5.74) is 2.95. The highest BCUT2D eigenvalue weighted by Crippen LogP contribution is 2.37. The van der Waals surface area contributed by atoms with Gasteiger partial charge in [0.2, 0.25) is 0 Å². The molecule has 1 aliphatic rings. The summed E-state index contributed by atoms with van der Waals surface area (Å²) in [4.78, 5) is 0. The molecule has 0 aliphatic carbocycles. The lowest BCUT2D eigenvalue weighted by atomic mass is 9.79. The molecule has 0 bridgehead atoms. The van der Waals surface area contributed by atoms with E-state index >= 15 is 0 Å². The number of hydrogen-bond acceptors (Lipinski definition) is 1. The van der Waals surface area contributed by atoms with Gasteiger partial charge < -0.3 is 5.32 Å². The van der Waals surface area contributed by atoms with Gasteiger partial charge in [-0.1, -0.05) is 88.4 Å². The summed E-state index contributed by atoms with van der Waals surface area (Å²) < 4.78 is 0. The summed E-state index contributed by atoms with van der Waals surface area (Å²) in [6.07, 6.45) is 2.54. The molecule has 23 heavy (non-hydrogen) atoms. The second kappa shape index (κ2) is 11.9. The van der Waals surface area contributed by atoms with Crippen LogP contribution in [-0.4, -0.2) is 13.1 Å². The van der Waals surface area contributed by atoms with Crippen LogP contribution in [0.15, 0.2) is 60.7 Å². The minimum Gasteiger partial charge on any atom is -0.316 e. The predicted molar refractivity (Wildman–Crippen MR) is 103 cm³/mol. The summed E-state index contributed by atoms with van der Waals surface area (Å²) in [5, 5.41) is 3.60. The molecule has 0 unspecified atom stereocenters. The van der Waals surface area contributed by atoms with Gasteiger partial charge >= 0.3 is 0 Å². The fraction of sp³-hybridized carbons (Fsp3) is 0.455. The number of hydrogen-bond donors (Lipinski definition) is 1. The van der Waals surface area contributed by atoms with Crippen molar-refractivity contribution in [3.8, 4) is 0 Å². The predicted octanol–water partition coefficient (Wildman–Crippen LogP) is 5.99. The van der Waals surface area contributed by atoms with Crippen LogP contribution in [0.5, 0.6) is 0 Å². The van der Waals surface area contributed by atoms with Crippen LogP contribution in [0.4, 0.5) is 0 Å². The molecule has 0 saturated carbocycles. The Morgan fingerprint density at radius 2 is 1.17 bits per heavy atom. The molecule has 0 radical (unpaired) electrons. The lowest BCUT2D eigenvalue weighted by Gasteiger charge is -2.26. The molecule has 1 N–H and O–H groups in total. The molecule has 1 fully saturated rings. The maximum atomic E-state index is 3.60. The Hall–Kier alpha value is -1.60. The fourth-order valence-electron chi connectivity index (χ4n) is 3.20. The van der Waals surface area contributed by atoms with E-state index in [0.29, 0.717) is 11.8 Å². The van der Waals surface area contributed by atoms with Gasteiger partial charge in [-0.25, -0.2) is 0 Å². The Balaban J connectivity index is 0.000000615. The van der Waals surface area contributed by atoms with Gasteiger partial charge in [-0.15, -0.1) is 0 Å². The van der Waals surface area contributed by atoms with Crippen molar-refractivity contribution >= 4 is 0 Å². The first-order valence-electron chi connectivity index (χ1n) is 9.26. The fourth-order valence-corrected chi connectivity index (χ4v) is 3.20. The second-order valence-electron chi connectivity index (χ2n) is 5.38. The average Bonchev–Trinajstić information content (AvgIpc) is 2.92. The maximum absolute atomic E-state index is 3.60. The number of benzene rings is 2. The molecule has 2 atom stereocenters. The van der Waals surface area contributed by atoms with Crippen molar-refractivity contribution in [3.05, 3.63) is 71.8 Å². The molecule has 126 valence electrons. The van der Waals surface area contributed by atoms with E-state index in [1.807, 2.05) is 27.7 Å². The summed E-state index contributed by atoms with van der Waals surface area (Å²) >= 11 is 0. The van der Waals surface area contributed by atoms with Crippen molar-refractivity contribution in [2.75, 3.05) is 13.1 Å². The number of nitrogens with one attached hydrogen (secondary N) is 1. The minimum atomic E-state index is 0.589. The first kappa shape index (κ1) is 19.4. The van der Waals surface area contributed by atoms with Crippen LogP contribution < -0.4 is 5.32 Å². The van der Waals surface area contributed by atoms with E-state index in [1.54, 1.807) is 0 Å². The van der Waals surface area contributed by atoms with Crippen LogP contribution in [0, 0.1) is 0 Å². The van der Waals surface area contributed by atoms with Gasteiger partial charge in [0.15, 0.2) is 0 Å². The van der Waals surface area contributed by atoms with E-state index in [4.69, 9.17) is 0 Å². The van der Waals surface area contributed by atoms with Crippen molar-refractivity contribution in [1.29, 1.82) is 0 Å². The summed E-state index contributed by atoms with van der Waals surface area (Å²) in [7, 11) is 0. The van der Waals surface area contributed by atoms with Gasteiger partial charge in [0, 0.05) is 12.5 Å². The van der Waals surface area contributed by atoms with Crippen LogP contribution in [0.25, 0.3) is 0 Å². The van der Waals surface area contributed by atoms with Crippen molar-refractivity contribution < 1.29 is 0 Å². The highest BCUT2D eigenvalue weighted by Gasteiger charge is 2.25. The second-order valence-corrected chi connectivity index (χ2v) is 5.38. The van der Waals surface area contributed by atoms with E-state index in [-0.39, 0.29) is 0 Å². The van der Waals surface area contributed by atoms with Gasteiger partial charge in [0.25, 0.3) is 0 Å². The van der Waals surface area contributed by atoms with Crippen LogP contribution in [0.1, 0.15) is 63.5 Å². The van der Waals surface area contributed by atoms with Gasteiger partial charge in [-0.3, -0.25) is 0 Å². The largest absolute Gasteiger partial charge is 0.316 e. The molecule has 0 amide bonds. The third kappa shape index (κ3) is 5.84. The summed E-state index contributed by atoms with van der Waals surface area (Å²) in [5.74, 6) is 1.23. The molecule has 1 aliphatic heterocycles. The monoisotopic (exact) mass is 311 g/mol. The third-order valence-corrected chi connectivity index (χ3v) is 4.17. The first-order chi connectivity index (χ1) is 11.4. The normalized spacial score (nSPS) is 20.2. The third-order valence-electron chi connectivity index (χ3n) is 4.17. The quantitative estimate of drug-likeness (QED) is 0.718. The van der Waals surface area contributed by atoms with Crippen molar-refractivity contribution in [1.82, 2.24) is 5.32 Å². The van der Waals surface area contributed by atoms with Crippen molar-refractivity contribution in [2.24, 2.45) is 0 Å². The smallest absolute Gasteiger partial charge is 0.00322 e. The molecule has 1 saturated heterocycles. The molecular formula is C22H33N. The van der Waals surface area contributed by atoms with E-state index in [0.717, 1.165) is 13.1 Å². The van der Waals surface area contributed by atoms with Gasteiger partial charge in [0.1, 0.15) is 0 Å². The Kier molecular flexibility index (Phi) is 10.1. The molecule has 1 nitrogen and oxygen atoms in total. The molecule has 1 heterocycles. The van der Waals surface area contributed by atoms with Gasteiger partial charge in [0.05, 0.1) is 0 Å². The molecule has 3 rings (SSSR count). The molecule has 2 aromatic carbocycles. The highest BCUT2D eigenvalue weighted by atomic mass is 14.9. The molecule has 0 spiro atoms.